The summed E-state index contributed by atoms with van der Waals surface area (Å²) < 4.78 is 10.3. The maximum Gasteiger partial charge on any atom is 0.410 e. The fourth-order valence-electron chi connectivity index (χ4n) is 3.18. The maximum atomic E-state index is 12.2. The molecule has 144 valence electrons. The molecule has 0 saturated carbocycles. The predicted octanol–water partition coefficient (Wildman–Crippen LogP) is 3.06. The van der Waals surface area contributed by atoms with Gasteiger partial charge in [-0.05, 0) is 39.2 Å². The van der Waals surface area contributed by atoms with E-state index in [0.29, 0.717) is 13.2 Å². The van der Waals surface area contributed by atoms with E-state index in [-0.39, 0.29) is 23.8 Å². The van der Waals surface area contributed by atoms with Gasteiger partial charge in [-0.1, -0.05) is 30.3 Å². The van der Waals surface area contributed by atoms with Crippen LogP contribution in [-0.4, -0.2) is 60.2 Å². The summed E-state index contributed by atoms with van der Waals surface area (Å²) >= 11 is 0. The smallest absolute Gasteiger partial charge is 0.410 e. The van der Waals surface area contributed by atoms with E-state index in [1.54, 1.807) is 16.9 Å². The molecule has 0 aromatic heterocycles. The van der Waals surface area contributed by atoms with Gasteiger partial charge in [0.05, 0.1) is 17.7 Å². The highest BCUT2D eigenvalue weighted by molar-refractivity contribution is 5.69. The van der Waals surface area contributed by atoms with Gasteiger partial charge in [0.15, 0.2) is 0 Å². The number of hydrogen-bond acceptors (Lipinski definition) is 4. The standard InChI is InChI=1S/C15H18N2O3.C5H12O/c18-11-16-8-6-14-13(16)7-9-17(14)15(19)20-10-12-4-2-1-3-5-12;1-5(2,3)6-4/h1-5,11,13-14H,6-10H2;1-4H3. The van der Waals surface area contributed by atoms with Crippen molar-refractivity contribution in [2.75, 3.05) is 20.2 Å². The first-order valence-electron chi connectivity index (χ1n) is 9.09. The summed E-state index contributed by atoms with van der Waals surface area (Å²) in [5.41, 5.74) is 1.03. The Hall–Kier alpha value is -2.08. The van der Waals surface area contributed by atoms with Crippen molar-refractivity contribution >= 4 is 12.5 Å². The Morgan fingerprint density at radius 2 is 1.77 bits per heavy atom. The fraction of sp³-hybridized carbons (Fsp3) is 0.600. The quantitative estimate of drug-likeness (QED) is 0.776. The molecule has 26 heavy (non-hydrogen) atoms. The second kappa shape index (κ2) is 9.03. The van der Waals surface area contributed by atoms with Crippen molar-refractivity contribution in [3.63, 3.8) is 0 Å². The van der Waals surface area contributed by atoms with Gasteiger partial charge in [-0.25, -0.2) is 4.79 Å². The van der Waals surface area contributed by atoms with E-state index in [2.05, 4.69) is 0 Å². The van der Waals surface area contributed by atoms with Crippen LogP contribution in [0.15, 0.2) is 30.3 Å². The molecule has 2 atom stereocenters. The molecule has 0 radical (unpaired) electrons. The minimum absolute atomic E-state index is 0.0417. The molecule has 0 spiro atoms. The SMILES string of the molecule is COC(C)(C)C.O=CN1CCC2C1CCN2C(=O)OCc1ccccc1. The van der Waals surface area contributed by atoms with Gasteiger partial charge >= 0.3 is 6.09 Å². The van der Waals surface area contributed by atoms with Crippen LogP contribution in [0.25, 0.3) is 0 Å². The number of nitrogens with zero attached hydrogens (tertiary/aromatic N) is 2. The Labute approximate surface area is 156 Å². The third-order valence-corrected chi connectivity index (χ3v) is 4.81. The van der Waals surface area contributed by atoms with Crippen molar-refractivity contribution in [2.45, 2.75) is 57.9 Å². The lowest BCUT2D eigenvalue weighted by Gasteiger charge is -2.23. The molecule has 0 aliphatic carbocycles. The van der Waals surface area contributed by atoms with E-state index in [1.165, 1.54) is 0 Å². The molecule has 2 aliphatic heterocycles. The second-order valence-electron chi connectivity index (χ2n) is 7.61. The van der Waals surface area contributed by atoms with Gasteiger partial charge in [0.2, 0.25) is 6.41 Å². The van der Waals surface area contributed by atoms with Crippen LogP contribution >= 0.6 is 0 Å². The minimum atomic E-state index is -0.269. The third kappa shape index (κ3) is 5.46. The highest BCUT2D eigenvalue weighted by Gasteiger charge is 2.44. The number of hydrogen-bond donors (Lipinski definition) is 0. The predicted molar refractivity (Wildman–Crippen MR) is 99.7 cm³/mol. The molecular formula is C20H30N2O4. The van der Waals surface area contributed by atoms with E-state index >= 15 is 0 Å². The zero-order valence-electron chi connectivity index (χ0n) is 16.2. The van der Waals surface area contributed by atoms with Crippen LogP contribution in [0.4, 0.5) is 4.79 Å². The molecule has 6 heteroatoms. The number of benzene rings is 1. The third-order valence-electron chi connectivity index (χ3n) is 4.81. The lowest BCUT2D eigenvalue weighted by atomic mass is 10.1. The lowest BCUT2D eigenvalue weighted by molar-refractivity contribution is -0.118. The summed E-state index contributed by atoms with van der Waals surface area (Å²) in [4.78, 5) is 26.7. The molecule has 1 aromatic carbocycles. The van der Waals surface area contributed by atoms with Gasteiger partial charge in [0.25, 0.3) is 0 Å². The maximum absolute atomic E-state index is 12.2. The zero-order valence-corrected chi connectivity index (χ0v) is 16.2. The molecule has 2 fully saturated rings. The Morgan fingerprint density at radius 3 is 2.35 bits per heavy atom. The van der Waals surface area contributed by atoms with E-state index in [4.69, 9.17) is 9.47 Å². The number of fused-ring (bicyclic) bond motifs is 1. The monoisotopic (exact) mass is 362 g/mol. The largest absolute Gasteiger partial charge is 0.445 e. The molecule has 2 saturated heterocycles. The van der Waals surface area contributed by atoms with Crippen LogP contribution in [0.5, 0.6) is 0 Å². The second-order valence-corrected chi connectivity index (χ2v) is 7.61. The molecule has 1 aromatic rings. The number of likely N-dealkylation sites (tertiary alicyclic amines) is 2. The lowest BCUT2D eigenvalue weighted by Crippen LogP contribution is -2.39. The van der Waals surface area contributed by atoms with Gasteiger partial charge in [-0.2, -0.15) is 0 Å². The molecule has 2 unspecified atom stereocenters. The van der Waals surface area contributed by atoms with E-state index < -0.39 is 0 Å². The van der Waals surface area contributed by atoms with Gasteiger partial charge < -0.3 is 19.3 Å². The van der Waals surface area contributed by atoms with Crippen molar-refractivity contribution in [1.82, 2.24) is 9.80 Å². The number of amides is 2. The van der Waals surface area contributed by atoms with Gasteiger partial charge in [-0.3, -0.25) is 4.79 Å². The van der Waals surface area contributed by atoms with Crippen LogP contribution in [0, 0.1) is 0 Å². The van der Waals surface area contributed by atoms with E-state index in [0.717, 1.165) is 31.4 Å². The molecule has 3 rings (SSSR count). The van der Waals surface area contributed by atoms with Crippen LogP contribution in [0.1, 0.15) is 39.2 Å². The van der Waals surface area contributed by atoms with Crippen LogP contribution in [0.3, 0.4) is 0 Å². The van der Waals surface area contributed by atoms with Crippen molar-refractivity contribution in [2.24, 2.45) is 0 Å². The van der Waals surface area contributed by atoms with Gasteiger partial charge in [0, 0.05) is 20.2 Å². The Balaban J connectivity index is 0.000000352. The number of rotatable bonds is 3. The normalized spacial score (nSPS) is 21.7. The number of carbonyl (C=O) groups excluding carboxylic acids is 2. The molecule has 2 amide bonds. The van der Waals surface area contributed by atoms with E-state index in [1.807, 2.05) is 51.1 Å². The average Bonchev–Trinajstić information content (AvgIpc) is 3.22. The molecule has 0 bridgehead atoms. The number of carbonyl (C=O) groups is 2. The van der Waals surface area contributed by atoms with Crippen LogP contribution in [-0.2, 0) is 20.9 Å². The number of methoxy groups -OCH3 is 1. The summed E-state index contributed by atoms with van der Waals surface area (Å²) in [5.74, 6) is 0. The fourth-order valence-corrected chi connectivity index (χ4v) is 3.18. The first-order chi connectivity index (χ1) is 12.4. The molecule has 2 aliphatic rings. The minimum Gasteiger partial charge on any atom is -0.445 e. The summed E-state index contributed by atoms with van der Waals surface area (Å²) in [6.45, 7) is 7.77. The molecule has 2 heterocycles. The van der Waals surface area contributed by atoms with E-state index in [9.17, 15) is 9.59 Å². The Kier molecular flexibility index (Phi) is 7.03. The van der Waals surface area contributed by atoms with Gasteiger partial charge in [0.1, 0.15) is 6.61 Å². The molecular weight excluding hydrogens is 332 g/mol. The summed E-state index contributed by atoms with van der Waals surface area (Å²) in [6.07, 6.45) is 2.33. The highest BCUT2D eigenvalue weighted by atomic mass is 16.6. The van der Waals surface area contributed by atoms with Crippen molar-refractivity contribution < 1.29 is 19.1 Å². The first-order valence-corrected chi connectivity index (χ1v) is 9.09. The average molecular weight is 362 g/mol. The van der Waals surface area contributed by atoms with Crippen molar-refractivity contribution in [3.8, 4) is 0 Å². The molecule has 6 nitrogen and oxygen atoms in total. The zero-order chi connectivity index (χ0) is 19.2. The molecule has 0 N–H and O–H groups in total. The van der Waals surface area contributed by atoms with Crippen molar-refractivity contribution in [3.05, 3.63) is 35.9 Å². The Morgan fingerprint density at radius 1 is 1.15 bits per heavy atom. The number of ether oxygens (including phenoxy) is 2. The van der Waals surface area contributed by atoms with Crippen LogP contribution in [0.2, 0.25) is 0 Å². The Bertz CT molecular complexity index is 585. The summed E-state index contributed by atoms with van der Waals surface area (Å²) in [6, 6.07) is 9.96. The van der Waals surface area contributed by atoms with Crippen LogP contribution < -0.4 is 0 Å². The summed E-state index contributed by atoms with van der Waals surface area (Å²) in [5, 5.41) is 0. The topological polar surface area (TPSA) is 59.1 Å². The highest BCUT2D eigenvalue weighted by Crippen LogP contribution is 2.31. The summed E-state index contributed by atoms with van der Waals surface area (Å²) in [7, 11) is 1.71. The first kappa shape index (κ1) is 20.2. The van der Waals surface area contributed by atoms with Crippen molar-refractivity contribution in [1.29, 1.82) is 0 Å². The van der Waals surface area contributed by atoms with Gasteiger partial charge in [-0.15, -0.1) is 0 Å².